The largest absolute Gasteiger partial charge is 0.370 e. The molecular weight excluding hydrogens is 234 g/mol. The Balaban J connectivity index is 1.68. The molecule has 17 heavy (non-hydrogen) atoms. The molecule has 1 aromatic heterocycles. The maximum absolute atomic E-state index is 5.88. The molecule has 0 aromatic carbocycles. The molecule has 2 fully saturated rings. The summed E-state index contributed by atoms with van der Waals surface area (Å²) in [6.45, 7) is 2.28. The molecule has 0 unspecified atom stereocenters. The summed E-state index contributed by atoms with van der Waals surface area (Å²) >= 11 is 5.88. The molecule has 0 N–H and O–H groups in total. The Kier molecular flexibility index (Phi) is 2.95. The zero-order valence-corrected chi connectivity index (χ0v) is 10.8. The van der Waals surface area contributed by atoms with Crippen LogP contribution in [0.5, 0.6) is 0 Å². The highest BCUT2D eigenvalue weighted by Crippen LogP contribution is 2.46. The molecule has 3 rings (SSSR count). The summed E-state index contributed by atoms with van der Waals surface area (Å²) in [5.74, 6) is 0. The third-order valence-corrected chi connectivity index (χ3v) is 4.65. The lowest BCUT2D eigenvalue weighted by Gasteiger charge is -2.40. The van der Waals surface area contributed by atoms with E-state index in [0.29, 0.717) is 10.6 Å². The lowest BCUT2D eigenvalue weighted by atomic mass is 9.77. The molecular formula is C13H18ClN3. The van der Waals surface area contributed by atoms with Gasteiger partial charge in [0.2, 0.25) is 0 Å². The molecule has 1 saturated carbocycles. The lowest BCUT2D eigenvalue weighted by molar-refractivity contribution is 0.226. The molecule has 0 amide bonds. The number of anilines is 1. The third-order valence-electron chi connectivity index (χ3n) is 4.46. The Bertz CT molecular complexity index is 391. The summed E-state index contributed by atoms with van der Waals surface area (Å²) < 4.78 is 0. The molecule has 4 heteroatoms. The first-order valence-electron chi connectivity index (χ1n) is 6.51. The van der Waals surface area contributed by atoms with Crippen molar-refractivity contribution in [1.82, 2.24) is 10.2 Å². The maximum atomic E-state index is 5.88. The normalized spacial score (nSPS) is 23.2. The highest BCUT2D eigenvalue weighted by atomic mass is 35.5. The average molecular weight is 252 g/mol. The first-order valence-corrected chi connectivity index (χ1v) is 6.89. The molecule has 0 radical (unpaired) electrons. The minimum atomic E-state index is 0.489. The van der Waals surface area contributed by atoms with Crippen LogP contribution in [-0.4, -0.2) is 23.3 Å². The zero-order valence-electron chi connectivity index (χ0n) is 10.0. The fourth-order valence-electron chi connectivity index (χ4n) is 3.37. The highest BCUT2D eigenvalue weighted by Gasteiger charge is 2.36. The summed E-state index contributed by atoms with van der Waals surface area (Å²) in [6.07, 6.45) is 10.2. The van der Waals surface area contributed by atoms with Gasteiger partial charge in [-0.05, 0) is 31.1 Å². The van der Waals surface area contributed by atoms with Gasteiger partial charge in [0.15, 0.2) is 5.15 Å². The first kappa shape index (κ1) is 11.3. The van der Waals surface area contributed by atoms with E-state index in [4.69, 9.17) is 11.6 Å². The van der Waals surface area contributed by atoms with Crippen LogP contribution < -0.4 is 4.90 Å². The predicted octanol–water partition coefficient (Wildman–Crippen LogP) is 3.29. The molecule has 3 nitrogen and oxygen atoms in total. The van der Waals surface area contributed by atoms with Crippen molar-refractivity contribution >= 4 is 17.3 Å². The van der Waals surface area contributed by atoms with Gasteiger partial charge < -0.3 is 4.90 Å². The van der Waals surface area contributed by atoms with E-state index in [9.17, 15) is 0 Å². The molecule has 1 aliphatic heterocycles. The monoisotopic (exact) mass is 251 g/mol. The van der Waals surface area contributed by atoms with E-state index in [2.05, 4.69) is 15.1 Å². The standard InChI is InChI=1S/C13H18ClN3/c14-12-9-11(10-15-16-12)17-7-5-13(6-8-17)3-1-2-4-13/h9-10H,1-8H2. The quantitative estimate of drug-likeness (QED) is 0.767. The van der Waals surface area contributed by atoms with Gasteiger partial charge in [0.1, 0.15) is 0 Å². The number of halogens is 1. The van der Waals surface area contributed by atoms with Crippen LogP contribution in [0.4, 0.5) is 5.69 Å². The Labute approximate surface area is 107 Å². The van der Waals surface area contributed by atoms with E-state index in [0.717, 1.165) is 18.8 Å². The fraction of sp³-hybridized carbons (Fsp3) is 0.692. The Hall–Kier alpha value is -0.830. The van der Waals surface area contributed by atoms with Gasteiger partial charge >= 0.3 is 0 Å². The molecule has 0 bridgehead atoms. The van der Waals surface area contributed by atoms with Crippen molar-refractivity contribution in [2.24, 2.45) is 5.41 Å². The van der Waals surface area contributed by atoms with Crippen molar-refractivity contribution in [3.05, 3.63) is 17.4 Å². The van der Waals surface area contributed by atoms with E-state index in [1.807, 2.05) is 12.3 Å². The lowest BCUT2D eigenvalue weighted by Crippen LogP contribution is -2.38. The van der Waals surface area contributed by atoms with E-state index in [-0.39, 0.29) is 0 Å². The molecule has 1 saturated heterocycles. The van der Waals surface area contributed by atoms with Crippen LogP contribution in [0.3, 0.4) is 0 Å². The van der Waals surface area contributed by atoms with Crippen molar-refractivity contribution in [3.8, 4) is 0 Å². The van der Waals surface area contributed by atoms with Crippen LogP contribution in [0, 0.1) is 5.41 Å². The van der Waals surface area contributed by atoms with Gasteiger partial charge in [-0.3, -0.25) is 0 Å². The summed E-state index contributed by atoms with van der Waals surface area (Å²) in [6, 6.07) is 1.92. The van der Waals surface area contributed by atoms with E-state index < -0.39 is 0 Å². The summed E-state index contributed by atoms with van der Waals surface area (Å²) in [4.78, 5) is 2.39. The second-order valence-electron chi connectivity index (χ2n) is 5.43. The average Bonchev–Trinajstić information content (AvgIpc) is 2.79. The van der Waals surface area contributed by atoms with Crippen LogP contribution in [0.15, 0.2) is 12.3 Å². The highest BCUT2D eigenvalue weighted by molar-refractivity contribution is 6.29. The van der Waals surface area contributed by atoms with Gasteiger partial charge in [0.05, 0.1) is 11.9 Å². The zero-order chi connectivity index (χ0) is 11.7. The predicted molar refractivity (Wildman–Crippen MR) is 69.4 cm³/mol. The van der Waals surface area contributed by atoms with Gasteiger partial charge in [0, 0.05) is 19.2 Å². The van der Waals surface area contributed by atoms with Crippen molar-refractivity contribution in [2.75, 3.05) is 18.0 Å². The Morgan fingerprint density at radius 2 is 1.82 bits per heavy atom. The van der Waals surface area contributed by atoms with Crippen molar-refractivity contribution in [1.29, 1.82) is 0 Å². The number of hydrogen-bond donors (Lipinski definition) is 0. The SMILES string of the molecule is Clc1cc(N2CCC3(CCCC3)CC2)cnn1. The summed E-state index contributed by atoms with van der Waals surface area (Å²) in [7, 11) is 0. The Morgan fingerprint density at radius 1 is 1.12 bits per heavy atom. The molecule has 1 spiro atoms. The maximum Gasteiger partial charge on any atom is 0.153 e. The number of rotatable bonds is 1. The number of piperidine rings is 1. The van der Waals surface area contributed by atoms with E-state index >= 15 is 0 Å². The van der Waals surface area contributed by atoms with Gasteiger partial charge in [-0.1, -0.05) is 24.4 Å². The van der Waals surface area contributed by atoms with Gasteiger partial charge in [-0.15, -0.1) is 5.10 Å². The van der Waals surface area contributed by atoms with Crippen LogP contribution in [-0.2, 0) is 0 Å². The molecule has 2 aliphatic rings. The van der Waals surface area contributed by atoms with E-state index in [1.54, 1.807) is 0 Å². The summed E-state index contributed by atoms with van der Waals surface area (Å²) in [5.41, 5.74) is 1.79. The van der Waals surface area contributed by atoms with Gasteiger partial charge in [-0.2, -0.15) is 5.10 Å². The van der Waals surface area contributed by atoms with Crippen LogP contribution >= 0.6 is 11.6 Å². The van der Waals surface area contributed by atoms with Gasteiger partial charge in [-0.25, -0.2) is 0 Å². The van der Waals surface area contributed by atoms with Crippen molar-refractivity contribution in [2.45, 2.75) is 38.5 Å². The molecule has 1 aromatic rings. The van der Waals surface area contributed by atoms with Crippen LogP contribution in [0.25, 0.3) is 0 Å². The third kappa shape index (κ3) is 2.25. The fourth-order valence-corrected chi connectivity index (χ4v) is 3.52. The van der Waals surface area contributed by atoms with Crippen molar-refractivity contribution in [3.63, 3.8) is 0 Å². The number of hydrogen-bond acceptors (Lipinski definition) is 3. The van der Waals surface area contributed by atoms with E-state index in [1.165, 1.54) is 38.5 Å². The molecule has 0 atom stereocenters. The minimum absolute atomic E-state index is 0.489. The minimum Gasteiger partial charge on any atom is -0.370 e. The number of aromatic nitrogens is 2. The molecule has 2 heterocycles. The van der Waals surface area contributed by atoms with Crippen LogP contribution in [0.2, 0.25) is 5.15 Å². The van der Waals surface area contributed by atoms with Gasteiger partial charge in [0.25, 0.3) is 0 Å². The smallest absolute Gasteiger partial charge is 0.153 e. The van der Waals surface area contributed by atoms with Crippen molar-refractivity contribution < 1.29 is 0 Å². The first-order chi connectivity index (χ1) is 8.27. The second kappa shape index (κ2) is 4.45. The molecule has 1 aliphatic carbocycles. The Morgan fingerprint density at radius 3 is 2.47 bits per heavy atom. The number of nitrogens with zero attached hydrogens (tertiary/aromatic N) is 3. The summed E-state index contributed by atoms with van der Waals surface area (Å²) in [5, 5.41) is 8.21. The topological polar surface area (TPSA) is 29.0 Å². The molecule has 92 valence electrons. The van der Waals surface area contributed by atoms with Crippen LogP contribution in [0.1, 0.15) is 38.5 Å². The second-order valence-corrected chi connectivity index (χ2v) is 5.82.